The topological polar surface area (TPSA) is 78.6 Å². The molecule has 0 saturated carbocycles. The van der Waals surface area contributed by atoms with Gasteiger partial charge in [-0.2, -0.15) is 26.4 Å². The molecule has 2 aliphatic heterocycles. The SMILES string of the molecule is Cc1cc(N2CCN(c3cc(N4CCSCC4)ncn3)CC2)n2ncnc2n1. The molecule has 0 atom stereocenters. The quantitative estimate of drug-likeness (QED) is 0.645. The van der Waals surface area contributed by atoms with Gasteiger partial charge in [0.05, 0.1) is 0 Å². The molecule has 146 valence electrons. The van der Waals surface area contributed by atoms with Crippen molar-refractivity contribution >= 4 is 35.0 Å². The third-order valence-electron chi connectivity index (χ3n) is 5.26. The summed E-state index contributed by atoms with van der Waals surface area (Å²) in [5.74, 6) is 6.09. The maximum Gasteiger partial charge on any atom is 0.254 e. The van der Waals surface area contributed by atoms with Crippen LogP contribution in [0.4, 0.5) is 17.5 Å². The van der Waals surface area contributed by atoms with Gasteiger partial charge in [0.1, 0.15) is 30.1 Å². The molecule has 0 N–H and O–H groups in total. The molecule has 0 unspecified atom stereocenters. The minimum atomic E-state index is 0.651. The molecule has 5 heterocycles. The van der Waals surface area contributed by atoms with E-state index in [1.54, 1.807) is 12.7 Å². The average molecular weight is 398 g/mol. The van der Waals surface area contributed by atoms with Crippen molar-refractivity contribution in [1.82, 2.24) is 29.5 Å². The molecule has 0 amide bonds. The van der Waals surface area contributed by atoms with Crippen LogP contribution in [0.5, 0.6) is 0 Å². The fourth-order valence-electron chi connectivity index (χ4n) is 3.78. The minimum absolute atomic E-state index is 0.651. The van der Waals surface area contributed by atoms with Crippen LogP contribution < -0.4 is 14.7 Å². The molecule has 2 aliphatic rings. The number of aromatic nitrogens is 6. The third-order valence-corrected chi connectivity index (χ3v) is 6.20. The zero-order valence-electron chi connectivity index (χ0n) is 15.9. The van der Waals surface area contributed by atoms with E-state index in [0.717, 1.165) is 62.4 Å². The summed E-state index contributed by atoms with van der Waals surface area (Å²) in [5, 5.41) is 4.34. The molecule has 3 aromatic heterocycles. The summed E-state index contributed by atoms with van der Waals surface area (Å²) < 4.78 is 1.82. The Morgan fingerprint density at radius 1 is 0.786 bits per heavy atom. The van der Waals surface area contributed by atoms with Crippen molar-refractivity contribution in [2.45, 2.75) is 6.92 Å². The summed E-state index contributed by atoms with van der Waals surface area (Å²) in [7, 11) is 0. The Kier molecular flexibility index (Phi) is 4.63. The highest BCUT2D eigenvalue weighted by Crippen LogP contribution is 2.23. The molecule has 10 heteroatoms. The van der Waals surface area contributed by atoms with E-state index in [9.17, 15) is 0 Å². The molecule has 28 heavy (non-hydrogen) atoms. The number of thioether (sulfide) groups is 1. The van der Waals surface area contributed by atoms with Gasteiger partial charge in [0.2, 0.25) is 0 Å². The molecule has 9 nitrogen and oxygen atoms in total. The standard InChI is InChI=1S/C18H23N9S/c1-14-10-17(27-18(23-14)21-13-22-27)26-4-2-24(3-5-26)15-11-16(20-12-19-15)25-6-8-28-9-7-25/h10-13H,2-9H2,1H3. The monoisotopic (exact) mass is 397 g/mol. The van der Waals surface area contributed by atoms with Gasteiger partial charge in [0, 0.05) is 68.6 Å². The van der Waals surface area contributed by atoms with E-state index in [1.807, 2.05) is 23.2 Å². The zero-order valence-corrected chi connectivity index (χ0v) is 16.7. The molecular formula is C18H23N9S. The minimum Gasteiger partial charge on any atom is -0.355 e. The van der Waals surface area contributed by atoms with Crippen LogP contribution in [0.15, 0.2) is 24.8 Å². The largest absolute Gasteiger partial charge is 0.355 e. The van der Waals surface area contributed by atoms with Crippen LogP contribution in [0.3, 0.4) is 0 Å². The molecule has 0 radical (unpaired) electrons. The number of aryl methyl sites for hydroxylation is 1. The normalized spacial score (nSPS) is 18.1. The summed E-state index contributed by atoms with van der Waals surface area (Å²) in [4.78, 5) is 24.8. The fraction of sp³-hybridized carbons (Fsp3) is 0.500. The highest BCUT2D eigenvalue weighted by Gasteiger charge is 2.22. The zero-order chi connectivity index (χ0) is 18.9. The average Bonchev–Trinajstić information content (AvgIpc) is 3.22. The van der Waals surface area contributed by atoms with Crippen LogP contribution in [0.1, 0.15) is 5.69 Å². The Labute approximate surface area is 167 Å². The van der Waals surface area contributed by atoms with Crippen molar-refractivity contribution in [3.8, 4) is 0 Å². The first kappa shape index (κ1) is 17.5. The number of anilines is 3. The maximum absolute atomic E-state index is 4.54. The van der Waals surface area contributed by atoms with E-state index in [0.29, 0.717) is 5.78 Å². The predicted molar refractivity (Wildman–Crippen MR) is 112 cm³/mol. The van der Waals surface area contributed by atoms with Gasteiger partial charge in [-0.25, -0.2) is 15.0 Å². The first-order valence-corrected chi connectivity index (χ1v) is 10.8. The van der Waals surface area contributed by atoms with Crippen LogP contribution >= 0.6 is 11.8 Å². The van der Waals surface area contributed by atoms with Gasteiger partial charge in [0.25, 0.3) is 5.78 Å². The molecular weight excluding hydrogens is 374 g/mol. The van der Waals surface area contributed by atoms with Gasteiger partial charge in [-0.15, -0.1) is 0 Å². The Morgan fingerprint density at radius 3 is 2.21 bits per heavy atom. The molecule has 2 saturated heterocycles. The summed E-state index contributed by atoms with van der Waals surface area (Å²) in [6.07, 6.45) is 3.26. The van der Waals surface area contributed by atoms with Gasteiger partial charge in [-0.05, 0) is 6.92 Å². The van der Waals surface area contributed by atoms with Crippen LogP contribution in [0.2, 0.25) is 0 Å². The van der Waals surface area contributed by atoms with Crippen molar-refractivity contribution in [1.29, 1.82) is 0 Å². The fourth-order valence-corrected chi connectivity index (χ4v) is 4.68. The van der Waals surface area contributed by atoms with Crippen molar-refractivity contribution in [3.63, 3.8) is 0 Å². The van der Waals surface area contributed by atoms with Crippen LogP contribution in [0.25, 0.3) is 5.78 Å². The molecule has 0 spiro atoms. The van der Waals surface area contributed by atoms with E-state index >= 15 is 0 Å². The first-order valence-electron chi connectivity index (χ1n) is 9.60. The van der Waals surface area contributed by atoms with Gasteiger partial charge in [0.15, 0.2) is 0 Å². The number of nitrogens with zero attached hydrogens (tertiary/aromatic N) is 9. The number of fused-ring (bicyclic) bond motifs is 1. The summed E-state index contributed by atoms with van der Waals surface area (Å²) in [6.45, 7) is 7.73. The number of rotatable bonds is 3. The number of hydrogen-bond donors (Lipinski definition) is 0. The second kappa shape index (κ2) is 7.42. The van der Waals surface area contributed by atoms with E-state index in [4.69, 9.17) is 0 Å². The summed E-state index contributed by atoms with van der Waals surface area (Å²) in [6, 6.07) is 4.21. The smallest absolute Gasteiger partial charge is 0.254 e. The van der Waals surface area contributed by atoms with E-state index < -0.39 is 0 Å². The lowest BCUT2D eigenvalue weighted by molar-refractivity contribution is 0.632. The Morgan fingerprint density at radius 2 is 1.46 bits per heavy atom. The van der Waals surface area contributed by atoms with Gasteiger partial charge < -0.3 is 14.7 Å². The maximum atomic E-state index is 4.54. The molecule has 3 aromatic rings. The number of hydrogen-bond acceptors (Lipinski definition) is 9. The van der Waals surface area contributed by atoms with Gasteiger partial charge in [-0.1, -0.05) is 0 Å². The number of piperazine rings is 1. The predicted octanol–water partition coefficient (Wildman–Crippen LogP) is 1.10. The highest BCUT2D eigenvalue weighted by molar-refractivity contribution is 7.99. The lowest BCUT2D eigenvalue weighted by Gasteiger charge is -2.37. The van der Waals surface area contributed by atoms with E-state index in [1.165, 1.54) is 11.5 Å². The lowest BCUT2D eigenvalue weighted by Crippen LogP contribution is -2.47. The summed E-state index contributed by atoms with van der Waals surface area (Å²) in [5.41, 5.74) is 0.957. The van der Waals surface area contributed by atoms with Crippen molar-refractivity contribution in [3.05, 3.63) is 30.5 Å². The second-order valence-electron chi connectivity index (χ2n) is 7.04. The molecule has 2 fully saturated rings. The molecule has 0 aromatic carbocycles. The van der Waals surface area contributed by atoms with Crippen LogP contribution in [-0.2, 0) is 0 Å². The van der Waals surface area contributed by atoms with Crippen LogP contribution in [-0.4, -0.2) is 80.3 Å². The first-order chi connectivity index (χ1) is 13.8. The van der Waals surface area contributed by atoms with Gasteiger partial charge in [-0.3, -0.25) is 0 Å². The molecule has 0 bridgehead atoms. The van der Waals surface area contributed by atoms with Crippen molar-refractivity contribution < 1.29 is 0 Å². The van der Waals surface area contributed by atoms with Crippen molar-refractivity contribution in [2.24, 2.45) is 0 Å². The van der Waals surface area contributed by atoms with E-state index in [-0.39, 0.29) is 0 Å². The Bertz CT molecular complexity index is 961. The molecule has 0 aliphatic carbocycles. The lowest BCUT2D eigenvalue weighted by atomic mass is 10.3. The van der Waals surface area contributed by atoms with Gasteiger partial charge >= 0.3 is 0 Å². The Hall–Kier alpha value is -2.62. The van der Waals surface area contributed by atoms with E-state index in [2.05, 4.69) is 51.9 Å². The summed E-state index contributed by atoms with van der Waals surface area (Å²) >= 11 is 2.01. The van der Waals surface area contributed by atoms with Crippen molar-refractivity contribution in [2.75, 3.05) is 65.5 Å². The second-order valence-corrected chi connectivity index (χ2v) is 8.26. The molecule has 5 rings (SSSR count). The third kappa shape index (κ3) is 3.32. The van der Waals surface area contributed by atoms with Crippen LogP contribution in [0, 0.1) is 6.92 Å². The highest BCUT2D eigenvalue weighted by atomic mass is 32.2. The Balaban J connectivity index is 1.31.